The van der Waals surface area contributed by atoms with E-state index < -0.39 is 0 Å². The highest BCUT2D eigenvalue weighted by Crippen LogP contribution is 2.39. The third-order valence-corrected chi connectivity index (χ3v) is 2.38. The second-order valence-electron chi connectivity index (χ2n) is 3.53. The third-order valence-electron chi connectivity index (χ3n) is 2.38. The summed E-state index contributed by atoms with van der Waals surface area (Å²) in [6.07, 6.45) is 3.98. The molecule has 0 aromatic carbocycles. The molecule has 1 nitrogen and oxygen atoms in total. The van der Waals surface area contributed by atoms with E-state index in [1.54, 1.807) is 0 Å². The molecule has 0 aliphatic heterocycles. The van der Waals surface area contributed by atoms with Crippen LogP contribution in [0.4, 0.5) is 4.39 Å². The Morgan fingerprint density at radius 1 is 1.50 bits per heavy atom. The molecule has 1 aliphatic carbocycles. The summed E-state index contributed by atoms with van der Waals surface area (Å²) in [7, 11) is 0. The van der Waals surface area contributed by atoms with Crippen LogP contribution in [0, 0.1) is 5.41 Å². The van der Waals surface area contributed by atoms with Gasteiger partial charge in [-0.25, -0.2) is 4.39 Å². The van der Waals surface area contributed by atoms with E-state index in [1.807, 2.05) is 0 Å². The number of hydrogen-bond acceptors (Lipinski definition) is 1. The Labute approximate surface area is 62.0 Å². The van der Waals surface area contributed by atoms with Crippen molar-refractivity contribution in [2.24, 2.45) is 5.41 Å². The zero-order valence-electron chi connectivity index (χ0n) is 6.62. The molecule has 1 aliphatic rings. The molecule has 0 saturated heterocycles. The monoisotopic (exact) mass is 145 g/mol. The molecule has 0 spiro atoms. The number of nitrogens with one attached hydrogen (secondary N) is 1. The van der Waals surface area contributed by atoms with Crippen molar-refractivity contribution < 1.29 is 4.39 Å². The standard InChI is InChI=1S/C8H16FN/c1-8(3-2-4-8)7-10-6-5-9/h10H,2-7H2,1H3. The summed E-state index contributed by atoms with van der Waals surface area (Å²) < 4.78 is 11.6. The van der Waals surface area contributed by atoms with Crippen molar-refractivity contribution in [3.8, 4) is 0 Å². The van der Waals surface area contributed by atoms with Crippen molar-refractivity contribution in [2.45, 2.75) is 26.2 Å². The van der Waals surface area contributed by atoms with Gasteiger partial charge in [0.25, 0.3) is 0 Å². The lowest BCUT2D eigenvalue weighted by Crippen LogP contribution is -2.37. The van der Waals surface area contributed by atoms with Crippen LogP contribution in [0.5, 0.6) is 0 Å². The minimum atomic E-state index is -0.240. The maximum absolute atomic E-state index is 11.6. The summed E-state index contributed by atoms with van der Waals surface area (Å²) in [6.45, 7) is 3.55. The zero-order chi connectivity index (χ0) is 7.45. The Morgan fingerprint density at radius 3 is 2.60 bits per heavy atom. The summed E-state index contributed by atoms with van der Waals surface area (Å²) in [4.78, 5) is 0. The van der Waals surface area contributed by atoms with Crippen molar-refractivity contribution in [3.05, 3.63) is 0 Å². The number of hydrogen-bond donors (Lipinski definition) is 1. The molecule has 0 amide bonds. The van der Waals surface area contributed by atoms with Crippen LogP contribution in [0.25, 0.3) is 0 Å². The largest absolute Gasteiger partial charge is 0.314 e. The fourth-order valence-electron chi connectivity index (χ4n) is 1.41. The van der Waals surface area contributed by atoms with Gasteiger partial charge in [-0.15, -0.1) is 0 Å². The van der Waals surface area contributed by atoms with Gasteiger partial charge in [-0.1, -0.05) is 13.3 Å². The molecule has 1 saturated carbocycles. The topological polar surface area (TPSA) is 12.0 Å². The van der Waals surface area contributed by atoms with Crippen LogP contribution in [-0.2, 0) is 0 Å². The first-order valence-corrected chi connectivity index (χ1v) is 4.04. The van der Waals surface area contributed by atoms with Crippen molar-refractivity contribution >= 4 is 0 Å². The predicted octanol–water partition coefficient (Wildman–Crippen LogP) is 1.74. The van der Waals surface area contributed by atoms with Crippen molar-refractivity contribution in [3.63, 3.8) is 0 Å². The van der Waals surface area contributed by atoms with Gasteiger partial charge >= 0.3 is 0 Å². The molecule has 0 heterocycles. The fourth-order valence-corrected chi connectivity index (χ4v) is 1.41. The lowest BCUT2D eigenvalue weighted by Gasteiger charge is -2.38. The van der Waals surface area contributed by atoms with Crippen LogP contribution >= 0.6 is 0 Å². The summed E-state index contributed by atoms with van der Waals surface area (Å²) in [5, 5.41) is 3.10. The van der Waals surface area contributed by atoms with Gasteiger partial charge in [0, 0.05) is 13.1 Å². The van der Waals surface area contributed by atoms with E-state index in [4.69, 9.17) is 0 Å². The third kappa shape index (κ3) is 1.94. The molecule has 1 rings (SSSR count). The lowest BCUT2D eigenvalue weighted by atomic mass is 9.70. The van der Waals surface area contributed by atoms with E-state index in [0.717, 1.165) is 6.54 Å². The van der Waals surface area contributed by atoms with Gasteiger partial charge in [-0.3, -0.25) is 0 Å². The molecule has 0 bridgehead atoms. The minimum Gasteiger partial charge on any atom is -0.314 e. The molecule has 0 aromatic rings. The smallest absolute Gasteiger partial charge is 0.102 e. The van der Waals surface area contributed by atoms with Gasteiger partial charge in [0.1, 0.15) is 6.67 Å². The van der Waals surface area contributed by atoms with Gasteiger partial charge in [-0.2, -0.15) is 0 Å². The molecule has 2 heteroatoms. The molecule has 10 heavy (non-hydrogen) atoms. The average Bonchev–Trinajstić information content (AvgIpc) is 1.85. The first kappa shape index (κ1) is 7.99. The highest BCUT2D eigenvalue weighted by molar-refractivity contribution is 4.84. The highest BCUT2D eigenvalue weighted by Gasteiger charge is 2.30. The minimum absolute atomic E-state index is 0.240. The average molecular weight is 145 g/mol. The van der Waals surface area contributed by atoms with Crippen molar-refractivity contribution in [1.82, 2.24) is 5.32 Å². The van der Waals surface area contributed by atoms with Crippen LogP contribution in [-0.4, -0.2) is 19.8 Å². The van der Waals surface area contributed by atoms with Gasteiger partial charge in [0.2, 0.25) is 0 Å². The molecule has 0 unspecified atom stereocenters. The van der Waals surface area contributed by atoms with E-state index >= 15 is 0 Å². The molecule has 1 fully saturated rings. The maximum Gasteiger partial charge on any atom is 0.102 e. The number of rotatable bonds is 4. The van der Waals surface area contributed by atoms with Gasteiger partial charge < -0.3 is 5.32 Å². The van der Waals surface area contributed by atoms with E-state index in [9.17, 15) is 4.39 Å². The van der Waals surface area contributed by atoms with Gasteiger partial charge in [-0.05, 0) is 18.3 Å². The summed E-state index contributed by atoms with van der Waals surface area (Å²) in [5.74, 6) is 0. The molecule has 1 N–H and O–H groups in total. The summed E-state index contributed by atoms with van der Waals surface area (Å²) >= 11 is 0. The summed E-state index contributed by atoms with van der Waals surface area (Å²) in [5.41, 5.74) is 0.495. The first-order valence-electron chi connectivity index (χ1n) is 4.04. The quantitative estimate of drug-likeness (QED) is 0.594. The highest BCUT2D eigenvalue weighted by atomic mass is 19.1. The Balaban J connectivity index is 2.01. The van der Waals surface area contributed by atoms with Gasteiger partial charge in [0.15, 0.2) is 0 Å². The van der Waals surface area contributed by atoms with Crippen molar-refractivity contribution in [2.75, 3.05) is 19.8 Å². The Morgan fingerprint density at radius 2 is 2.20 bits per heavy atom. The maximum atomic E-state index is 11.6. The summed E-state index contributed by atoms with van der Waals surface area (Å²) in [6, 6.07) is 0. The molecular weight excluding hydrogens is 129 g/mol. The van der Waals surface area contributed by atoms with Crippen LogP contribution < -0.4 is 5.32 Å². The van der Waals surface area contributed by atoms with E-state index in [0.29, 0.717) is 12.0 Å². The molecule has 0 atom stereocenters. The van der Waals surface area contributed by atoms with E-state index in [1.165, 1.54) is 19.3 Å². The predicted molar refractivity (Wildman–Crippen MR) is 40.8 cm³/mol. The van der Waals surface area contributed by atoms with Crippen LogP contribution in [0.1, 0.15) is 26.2 Å². The molecule has 0 radical (unpaired) electrons. The Kier molecular flexibility index (Phi) is 2.66. The SMILES string of the molecule is CC1(CNCCF)CCC1. The molecule has 0 aromatic heterocycles. The number of halogens is 1. The lowest BCUT2D eigenvalue weighted by molar-refractivity contribution is 0.156. The molecule has 60 valence electrons. The van der Waals surface area contributed by atoms with Crippen LogP contribution in [0.2, 0.25) is 0 Å². The Bertz CT molecular complexity index is 99.4. The second-order valence-corrected chi connectivity index (χ2v) is 3.53. The second kappa shape index (κ2) is 3.33. The van der Waals surface area contributed by atoms with E-state index in [2.05, 4.69) is 12.2 Å². The Hall–Kier alpha value is -0.110. The normalized spacial score (nSPS) is 22.2. The van der Waals surface area contributed by atoms with Crippen molar-refractivity contribution in [1.29, 1.82) is 0 Å². The number of alkyl halides is 1. The zero-order valence-corrected chi connectivity index (χ0v) is 6.62. The molecular formula is C8H16FN. The fraction of sp³-hybridized carbons (Fsp3) is 1.00. The first-order chi connectivity index (χ1) is 4.77. The van der Waals surface area contributed by atoms with Crippen LogP contribution in [0.15, 0.2) is 0 Å². The van der Waals surface area contributed by atoms with Crippen LogP contribution in [0.3, 0.4) is 0 Å². The van der Waals surface area contributed by atoms with E-state index in [-0.39, 0.29) is 6.67 Å². The van der Waals surface area contributed by atoms with Gasteiger partial charge in [0.05, 0.1) is 0 Å².